The van der Waals surface area contributed by atoms with E-state index in [1.54, 1.807) is 0 Å². The van der Waals surface area contributed by atoms with E-state index < -0.39 is 11.8 Å². The molecule has 1 aliphatic heterocycles. The molecule has 2 atom stereocenters. The second-order valence-corrected chi connectivity index (χ2v) is 12.5. The third kappa shape index (κ3) is 6.14. The van der Waals surface area contributed by atoms with Gasteiger partial charge in [-0.3, -0.25) is 9.59 Å². The van der Waals surface area contributed by atoms with Crippen molar-refractivity contribution in [3.05, 3.63) is 98.2 Å². The summed E-state index contributed by atoms with van der Waals surface area (Å²) in [6.07, 6.45) is 6.32. The molecule has 2 aromatic carbocycles. The number of ketones is 1. The number of carbonyl (C=O) groups is 2. The molecule has 0 spiro atoms. The zero-order chi connectivity index (χ0) is 28.1. The van der Waals surface area contributed by atoms with Crippen LogP contribution in [0.25, 0.3) is 0 Å². The number of rotatable bonds is 8. The fourth-order valence-corrected chi connectivity index (χ4v) is 7.54. The summed E-state index contributed by atoms with van der Waals surface area (Å²) in [5, 5.41) is 15.8. The van der Waals surface area contributed by atoms with Crippen LogP contribution in [0.15, 0.2) is 81.6 Å². The lowest BCUT2D eigenvalue weighted by Crippen LogP contribution is -2.36. The van der Waals surface area contributed by atoms with Crippen molar-refractivity contribution in [3.8, 4) is 6.07 Å². The minimum absolute atomic E-state index is 0.00456. The number of hydrogen-bond donors (Lipinski definition) is 1. The summed E-state index contributed by atoms with van der Waals surface area (Å²) < 4.78 is 0. The quantitative estimate of drug-likeness (QED) is 0.278. The second-order valence-electron chi connectivity index (χ2n) is 10.5. The van der Waals surface area contributed by atoms with Crippen LogP contribution < -0.4 is 5.32 Å². The van der Waals surface area contributed by atoms with Crippen molar-refractivity contribution >= 4 is 46.2 Å². The van der Waals surface area contributed by atoms with Crippen molar-refractivity contribution in [1.29, 1.82) is 5.26 Å². The lowest BCUT2D eigenvalue weighted by atomic mass is 9.80. The summed E-state index contributed by atoms with van der Waals surface area (Å²) in [5.74, 6) is -0.499. The number of thiophene rings is 1. The van der Waals surface area contributed by atoms with E-state index in [4.69, 9.17) is 4.99 Å². The van der Waals surface area contributed by atoms with E-state index in [1.807, 2.05) is 67.8 Å². The van der Waals surface area contributed by atoms with Crippen molar-refractivity contribution in [2.75, 3.05) is 11.1 Å². The van der Waals surface area contributed by atoms with Crippen LogP contribution in [0.3, 0.4) is 0 Å². The first-order valence-electron chi connectivity index (χ1n) is 13.8. The van der Waals surface area contributed by atoms with Gasteiger partial charge in [0.05, 0.1) is 23.3 Å². The largest absolute Gasteiger partial charge is 0.325 e. The Bertz CT molecular complexity index is 1480. The van der Waals surface area contributed by atoms with Gasteiger partial charge in [-0.25, -0.2) is 4.99 Å². The van der Waals surface area contributed by atoms with Crippen molar-refractivity contribution in [1.82, 2.24) is 0 Å². The average molecular weight is 568 g/mol. The second kappa shape index (κ2) is 12.8. The molecule has 1 unspecified atom stereocenters. The van der Waals surface area contributed by atoms with Gasteiger partial charge in [-0.1, -0.05) is 79.6 Å². The van der Waals surface area contributed by atoms with Crippen molar-refractivity contribution in [3.63, 3.8) is 0 Å². The summed E-state index contributed by atoms with van der Waals surface area (Å²) in [6.45, 7) is 3.79. The fraction of sp³-hybridized carbons (Fsp3) is 0.333. The summed E-state index contributed by atoms with van der Waals surface area (Å²) in [5.41, 5.74) is 4.77. The number of anilines is 1. The van der Waals surface area contributed by atoms with Gasteiger partial charge in [0.2, 0.25) is 5.91 Å². The highest BCUT2D eigenvalue weighted by atomic mass is 32.2. The number of hydrogen-bond acceptors (Lipinski definition) is 6. The molecule has 204 valence electrons. The molecule has 1 aromatic heterocycles. The van der Waals surface area contributed by atoms with Gasteiger partial charge >= 0.3 is 0 Å². The number of allylic oxidation sites excluding steroid dienone is 1. The lowest BCUT2D eigenvalue weighted by molar-refractivity contribution is -0.118. The van der Waals surface area contributed by atoms with Crippen LogP contribution in [0.2, 0.25) is 0 Å². The molecule has 1 aliphatic carbocycles. The van der Waals surface area contributed by atoms with E-state index in [-0.39, 0.29) is 17.4 Å². The van der Waals surface area contributed by atoms with Crippen LogP contribution >= 0.6 is 23.1 Å². The molecular weight excluding hydrogens is 535 g/mol. The van der Waals surface area contributed by atoms with E-state index >= 15 is 0 Å². The first kappa shape index (κ1) is 28.1. The van der Waals surface area contributed by atoms with Crippen LogP contribution in [0.5, 0.6) is 0 Å². The van der Waals surface area contributed by atoms with E-state index in [0.29, 0.717) is 27.8 Å². The van der Waals surface area contributed by atoms with Gasteiger partial charge < -0.3 is 5.32 Å². The predicted octanol–water partition coefficient (Wildman–Crippen LogP) is 8.27. The molecule has 5 rings (SSSR count). The number of nitriles is 1. The molecule has 0 bridgehead atoms. The number of Topliss-reactive ketones (excluding diaryl/α,β-unsaturated/α-hetero) is 1. The number of nitrogens with zero attached hydrogens (tertiary/aromatic N) is 2. The molecule has 40 heavy (non-hydrogen) atoms. The third-order valence-electron chi connectivity index (χ3n) is 7.91. The van der Waals surface area contributed by atoms with Crippen molar-refractivity contribution in [2.45, 2.75) is 57.8 Å². The Morgan fingerprint density at radius 3 is 2.45 bits per heavy atom. The number of amides is 1. The zero-order valence-electron chi connectivity index (χ0n) is 22.9. The Morgan fingerprint density at radius 1 is 1.02 bits per heavy atom. The Balaban J connectivity index is 1.35. The molecule has 0 radical (unpaired) electrons. The van der Waals surface area contributed by atoms with Crippen LogP contribution in [-0.2, 0) is 4.79 Å². The number of carbonyl (C=O) groups excluding carboxylic acids is 2. The monoisotopic (exact) mass is 567 g/mol. The Labute approximate surface area is 244 Å². The highest BCUT2D eigenvalue weighted by molar-refractivity contribution is 8.03. The molecule has 1 saturated carbocycles. The zero-order valence-corrected chi connectivity index (χ0v) is 24.5. The Morgan fingerprint density at radius 2 is 1.77 bits per heavy atom. The fourth-order valence-electron chi connectivity index (χ4n) is 5.69. The molecule has 5 nitrogen and oxygen atoms in total. The number of aryl methyl sites for hydroxylation is 1. The molecule has 1 N–H and O–H groups in total. The molecule has 1 amide bonds. The molecule has 0 saturated heterocycles. The molecule has 1 fully saturated rings. The minimum Gasteiger partial charge on any atom is -0.325 e. The topological polar surface area (TPSA) is 82.3 Å². The average Bonchev–Trinajstić information content (AvgIpc) is 3.52. The van der Waals surface area contributed by atoms with Gasteiger partial charge in [0.1, 0.15) is 5.03 Å². The van der Waals surface area contributed by atoms with Crippen molar-refractivity contribution in [2.24, 2.45) is 10.9 Å². The van der Waals surface area contributed by atoms with Crippen molar-refractivity contribution < 1.29 is 9.59 Å². The predicted molar refractivity (Wildman–Crippen MR) is 165 cm³/mol. The van der Waals surface area contributed by atoms with Gasteiger partial charge in [-0.05, 0) is 61.2 Å². The smallest absolute Gasteiger partial charge is 0.234 e. The first-order valence-corrected chi connectivity index (χ1v) is 15.7. The summed E-state index contributed by atoms with van der Waals surface area (Å²) in [7, 11) is 0. The van der Waals surface area contributed by atoms with Crippen LogP contribution in [-0.4, -0.2) is 23.2 Å². The number of aliphatic imine (C=N–C) groups is 1. The van der Waals surface area contributed by atoms with Crippen LogP contribution in [0.1, 0.15) is 77.2 Å². The SMILES string of the molecule is CC1=NC(SCC(=O)c2ccc(C3CCCCC3)cc2)=C(C#N)[C@@H](c2cccs2)C1C(=O)Nc1ccccc1C. The standard InChI is InChI=1S/C33H33N3O2S2/c1-21-9-6-7-12-27(21)36-32(38)30-22(2)35-33(26(19-34)31(30)29-13-8-18-39-29)40-20-28(37)25-16-14-24(15-17-25)23-10-4-3-5-11-23/h6-9,12-18,23,30-31H,3-5,10-11,20H2,1-2H3,(H,36,38)/t30?,31-/m0/s1. The maximum Gasteiger partial charge on any atom is 0.234 e. The van der Waals surface area contributed by atoms with Crippen LogP contribution in [0, 0.1) is 24.2 Å². The maximum atomic E-state index is 13.6. The normalized spacial score (nSPS) is 19.6. The number of para-hydroxylation sites is 1. The first-order chi connectivity index (χ1) is 19.5. The van der Waals surface area contributed by atoms with Gasteiger partial charge in [-0.2, -0.15) is 5.26 Å². The Kier molecular flexibility index (Phi) is 8.98. The van der Waals surface area contributed by atoms with E-state index in [2.05, 4.69) is 23.5 Å². The molecule has 2 aliphatic rings. The summed E-state index contributed by atoms with van der Waals surface area (Å²) in [4.78, 5) is 32.4. The minimum atomic E-state index is -0.625. The molecular formula is C33H33N3O2S2. The van der Waals surface area contributed by atoms with Gasteiger partial charge in [0.25, 0.3) is 0 Å². The van der Waals surface area contributed by atoms with Gasteiger partial charge in [-0.15, -0.1) is 11.3 Å². The molecule has 3 aromatic rings. The van der Waals surface area contributed by atoms with Gasteiger partial charge in [0, 0.05) is 27.8 Å². The molecule has 2 heterocycles. The highest BCUT2D eigenvalue weighted by Gasteiger charge is 2.40. The maximum absolute atomic E-state index is 13.6. The highest BCUT2D eigenvalue weighted by Crippen LogP contribution is 2.44. The van der Waals surface area contributed by atoms with Gasteiger partial charge in [0.15, 0.2) is 5.78 Å². The number of thioether (sulfide) groups is 1. The van der Waals surface area contributed by atoms with E-state index in [0.717, 1.165) is 16.1 Å². The number of nitrogens with one attached hydrogen (secondary N) is 1. The Hall–Kier alpha value is -3.47. The van der Waals surface area contributed by atoms with E-state index in [9.17, 15) is 14.9 Å². The molecule has 7 heteroatoms. The number of benzene rings is 2. The summed E-state index contributed by atoms with van der Waals surface area (Å²) >= 11 is 2.80. The van der Waals surface area contributed by atoms with E-state index in [1.165, 1.54) is 60.8 Å². The third-order valence-corrected chi connectivity index (χ3v) is 9.85. The lowest BCUT2D eigenvalue weighted by Gasteiger charge is -2.30. The van der Waals surface area contributed by atoms with Crippen LogP contribution in [0.4, 0.5) is 5.69 Å². The summed E-state index contributed by atoms with van der Waals surface area (Å²) in [6, 6.07) is 21.9.